The van der Waals surface area contributed by atoms with E-state index in [1.54, 1.807) is 0 Å². The molecule has 0 fully saturated rings. The summed E-state index contributed by atoms with van der Waals surface area (Å²) in [6, 6.07) is 30.4. The third-order valence-corrected chi connectivity index (χ3v) is 5.01. The monoisotopic (exact) mass is 427 g/mol. The Bertz CT molecular complexity index is 1160. The Morgan fingerprint density at radius 1 is 0.781 bits per heavy atom. The third-order valence-electron chi connectivity index (χ3n) is 5.01. The van der Waals surface area contributed by atoms with Gasteiger partial charge in [-0.05, 0) is 40.6 Å². The molecule has 4 aromatic carbocycles. The SMILES string of the molecule is O=C(NCc1ccccc1)c1cc2ccccc2cc1OCC(O)COc1ccccc1. The van der Waals surface area contributed by atoms with Crippen LogP contribution in [0, 0.1) is 0 Å². The van der Waals surface area contributed by atoms with Gasteiger partial charge in [0.05, 0.1) is 5.56 Å². The summed E-state index contributed by atoms with van der Waals surface area (Å²) in [4.78, 5) is 13.0. The molecule has 0 bridgehead atoms. The molecule has 0 saturated heterocycles. The van der Waals surface area contributed by atoms with Gasteiger partial charge < -0.3 is 19.9 Å². The van der Waals surface area contributed by atoms with Crippen molar-refractivity contribution in [2.24, 2.45) is 0 Å². The van der Waals surface area contributed by atoms with Crippen LogP contribution >= 0.6 is 0 Å². The van der Waals surface area contributed by atoms with Crippen molar-refractivity contribution in [1.29, 1.82) is 0 Å². The van der Waals surface area contributed by atoms with Gasteiger partial charge in [-0.15, -0.1) is 0 Å². The van der Waals surface area contributed by atoms with Gasteiger partial charge in [0.15, 0.2) is 0 Å². The summed E-state index contributed by atoms with van der Waals surface area (Å²) < 4.78 is 11.5. The number of para-hydroxylation sites is 1. The van der Waals surface area contributed by atoms with Crippen LogP contribution in [0.2, 0.25) is 0 Å². The molecule has 0 aliphatic carbocycles. The highest BCUT2D eigenvalue weighted by Gasteiger charge is 2.16. The first-order chi connectivity index (χ1) is 15.7. The van der Waals surface area contributed by atoms with Crippen LogP contribution in [0.4, 0.5) is 0 Å². The van der Waals surface area contributed by atoms with E-state index in [0.29, 0.717) is 23.6 Å². The van der Waals surface area contributed by atoms with Crippen molar-refractivity contribution in [3.8, 4) is 11.5 Å². The third kappa shape index (κ3) is 5.65. The maximum absolute atomic E-state index is 13.0. The summed E-state index contributed by atoms with van der Waals surface area (Å²) in [7, 11) is 0. The number of ether oxygens (including phenoxy) is 2. The zero-order chi connectivity index (χ0) is 22.2. The number of hydrogen-bond donors (Lipinski definition) is 2. The average Bonchev–Trinajstić information content (AvgIpc) is 2.85. The molecule has 0 radical (unpaired) electrons. The Hall–Kier alpha value is -3.83. The van der Waals surface area contributed by atoms with E-state index >= 15 is 0 Å². The summed E-state index contributed by atoms with van der Waals surface area (Å²) in [5.74, 6) is 0.871. The standard InChI is InChI=1S/C27H25NO4/c29-23(18-31-24-13-5-2-6-14-24)19-32-26-16-22-12-8-7-11-21(22)15-25(26)27(30)28-17-20-9-3-1-4-10-20/h1-16,23,29H,17-19H2,(H,28,30). The van der Waals surface area contributed by atoms with E-state index in [2.05, 4.69) is 5.32 Å². The minimum Gasteiger partial charge on any atom is -0.491 e. The van der Waals surface area contributed by atoms with E-state index in [4.69, 9.17) is 9.47 Å². The second-order valence-electron chi connectivity index (χ2n) is 7.45. The zero-order valence-electron chi connectivity index (χ0n) is 17.6. The van der Waals surface area contributed by atoms with Crippen molar-refractivity contribution in [2.75, 3.05) is 13.2 Å². The molecule has 162 valence electrons. The number of benzene rings is 4. The number of aliphatic hydroxyl groups excluding tert-OH is 1. The van der Waals surface area contributed by atoms with Gasteiger partial charge in [-0.3, -0.25) is 4.79 Å². The normalized spacial score (nSPS) is 11.7. The van der Waals surface area contributed by atoms with E-state index in [1.807, 2.05) is 97.1 Å². The molecule has 0 aliphatic heterocycles. The number of carbonyl (C=O) groups excluding carboxylic acids is 1. The molecule has 1 amide bonds. The topological polar surface area (TPSA) is 67.8 Å². The molecular weight excluding hydrogens is 402 g/mol. The lowest BCUT2D eigenvalue weighted by Gasteiger charge is -2.16. The Labute approximate surface area is 187 Å². The largest absolute Gasteiger partial charge is 0.491 e. The highest BCUT2D eigenvalue weighted by atomic mass is 16.5. The van der Waals surface area contributed by atoms with Gasteiger partial charge in [0.25, 0.3) is 5.91 Å². The summed E-state index contributed by atoms with van der Waals surface area (Å²) in [5.41, 5.74) is 1.44. The fraction of sp³-hybridized carbons (Fsp3) is 0.148. The van der Waals surface area contributed by atoms with Crippen LogP contribution in [-0.4, -0.2) is 30.3 Å². The number of amides is 1. The van der Waals surface area contributed by atoms with E-state index < -0.39 is 6.10 Å². The summed E-state index contributed by atoms with van der Waals surface area (Å²) in [6.07, 6.45) is -0.845. The van der Waals surface area contributed by atoms with Crippen molar-refractivity contribution in [3.63, 3.8) is 0 Å². The van der Waals surface area contributed by atoms with Gasteiger partial charge in [0.1, 0.15) is 30.8 Å². The second-order valence-corrected chi connectivity index (χ2v) is 7.45. The summed E-state index contributed by atoms with van der Waals surface area (Å²) >= 11 is 0. The Morgan fingerprint density at radius 3 is 2.09 bits per heavy atom. The van der Waals surface area contributed by atoms with Gasteiger partial charge >= 0.3 is 0 Å². The Morgan fingerprint density at radius 2 is 1.38 bits per heavy atom. The van der Waals surface area contributed by atoms with Crippen LogP contribution in [0.15, 0.2) is 97.1 Å². The molecule has 0 heterocycles. The molecule has 0 aromatic heterocycles. The lowest BCUT2D eigenvalue weighted by Crippen LogP contribution is -2.27. The second kappa shape index (κ2) is 10.5. The fourth-order valence-electron chi connectivity index (χ4n) is 3.33. The van der Waals surface area contributed by atoms with Crippen LogP contribution < -0.4 is 14.8 Å². The Kier molecular flexibility index (Phi) is 7.00. The maximum atomic E-state index is 13.0. The van der Waals surface area contributed by atoms with Crippen molar-refractivity contribution in [3.05, 3.63) is 108 Å². The number of rotatable bonds is 9. The van der Waals surface area contributed by atoms with Crippen LogP contribution in [-0.2, 0) is 6.54 Å². The highest BCUT2D eigenvalue weighted by Crippen LogP contribution is 2.26. The van der Waals surface area contributed by atoms with Gasteiger partial charge in [-0.2, -0.15) is 0 Å². The van der Waals surface area contributed by atoms with Gasteiger partial charge in [-0.25, -0.2) is 0 Å². The predicted octanol–water partition coefficient (Wildman–Crippen LogP) is 4.59. The first kappa shape index (κ1) is 21.4. The average molecular weight is 428 g/mol. The van der Waals surface area contributed by atoms with Gasteiger partial charge in [-0.1, -0.05) is 72.8 Å². The molecular formula is C27H25NO4. The minimum atomic E-state index is -0.845. The number of carbonyl (C=O) groups is 1. The number of fused-ring (bicyclic) bond motifs is 1. The Balaban J connectivity index is 1.45. The number of hydrogen-bond acceptors (Lipinski definition) is 4. The highest BCUT2D eigenvalue weighted by molar-refractivity contribution is 6.01. The molecule has 5 nitrogen and oxygen atoms in total. The lowest BCUT2D eigenvalue weighted by molar-refractivity contribution is 0.0619. The van der Waals surface area contributed by atoms with E-state index in [1.165, 1.54) is 0 Å². The molecule has 4 rings (SSSR count). The number of aliphatic hydroxyl groups is 1. The molecule has 32 heavy (non-hydrogen) atoms. The van der Waals surface area contributed by atoms with Crippen LogP contribution in [0.3, 0.4) is 0 Å². The first-order valence-corrected chi connectivity index (χ1v) is 10.5. The molecule has 4 aromatic rings. The van der Waals surface area contributed by atoms with Crippen LogP contribution in [0.5, 0.6) is 11.5 Å². The molecule has 0 spiro atoms. The van der Waals surface area contributed by atoms with Crippen LogP contribution in [0.25, 0.3) is 10.8 Å². The zero-order valence-corrected chi connectivity index (χ0v) is 17.6. The molecule has 2 N–H and O–H groups in total. The molecule has 0 saturated carbocycles. The summed E-state index contributed by atoms with van der Waals surface area (Å²) in [6.45, 7) is 0.511. The first-order valence-electron chi connectivity index (χ1n) is 10.5. The van der Waals surface area contributed by atoms with E-state index in [-0.39, 0.29) is 19.1 Å². The van der Waals surface area contributed by atoms with E-state index in [9.17, 15) is 9.90 Å². The molecule has 1 unspecified atom stereocenters. The van der Waals surface area contributed by atoms with Crippen LogP contribution in [0.1, 0.15) is 15.9 Å². The smallest absolute Gasteiger partial charge is 0.255 e. The van der Waals surface area contributed by atoms with E-state index in [0.717, 1.165) is 16.3 Å². The quantitative estimate of drug-likeness (QED) is 0.410. The van der Waals surface area contributed by atoms with Crippen molar-refractivity contribution < 1.29 is 19.4 Å². The van der Waals surface area contributed by atoms with Crippen molar-refractivity contribution >= 4 is 16.7 Å². The van der Waals surface area contributed by atoms with Crippen molar-refractivity contribution in [1.82, 2.24) is 5.32 Å². The molecule has 1 atom stereocenters. The molecule has 0 aliphatic rings. The fourth-order valence-corrected chi connectivity index (χ4v) is 3.33. The predicted molar refractivity (Wildman–Crippen MR) is 125 cm³/mol. The molecule has 5 heteroatoms. The summed E-state index contributed by atoms with van der Waals surface area (Å²) in [5, 5.41) is 15.2. The minimum absolute atomic E-state index is 0.00411. The lowest BCUT2D eigenvalue weighted by atomic mass is 10.1. The van der Waals surface area contributed by atoms with Gasteiger partial charge in [0, 0.05) is 6.54 Å². The maximum Gasteiger partial charge on any atom is 0.255 e. The van der Waals surface area contributed by atoms with Gasteiger partial charge in [0.2, 0.25) is 0 Å². The van der Waals surface area contributed by atoms with Crippen molar-refractivity contribution in [2.45, 2.75) is 12.6 Å². The number of nitrogens with one attached hydrogen (secondary N) is 1.